The number of nitrogens with zero attached hydrogens (tertiary/aromatic N) is 3. The fraction of sp³-hybridized carbons (Fsp3) is 0.750. The minimum absolute atomic E-state index is 0.00915. The molecule has 128 valence electrons. The van der Waals surface area contributed by atoms with Crippen molar-refractivity contribution in [2.24, 2.45) is 5.10 Å². The number of likely N-dealkylation sites (tertiary alicyclic amines) is 1. The van der Waals surface area contributed by atoms with Crippen molar-refractivity contribution >= 4 is 34.4 Å². The topological polar surface area (TPSA) is 54.4 Å². The SMILES string of the molecule is CC1=NN2C(=C(I)CC1)CO[C@@H]1CN(C(=O)OC(C)(C)C)C[C@H]12. The Hall–Kier alpha value is -0.830. The van der Waals surface area contributed by atoms with Gasteiger partial charge >= 0.3 is 6.09 Å². The Kier molecular flexibility index (Phi) is 4.61. The van der Waals surface area contributed by atoms with Crippen LogP contribution in [-0.4, -0.2) is 59.2 Å². The molecule has 1 amide bonds. The van der Waals surface area contributed by atoms with E-state index in [1.165, 1.54) is 3.58 Å². The maximum atomic E-state index is 12.3. The normalized spacial score (nSPS) is 28.1. The van der Waals surface area contributed by atoms with Gasteiger partial charge < -0.3 is 14.4 Å². The van der Waals surface area contributed by atoms with Gasteiger partial charge in [0, 0.05) is 15.8 Å². The van der Waals surface area contributed by atoms with Crippen LogP contribution in [0.2, 0.25) is 0 Å². The van der Waals surface area contributed by atoms with E-state index in [0.717, 1.165) is 24.3 Å². The molecule has 3 aliphatic heterocycles. The van der Waals surface area contributed by atoms with E-state index in [1.54, 1.807) is 4.90 Å². The van der Waals surface area contributed by atoms with Crippen LogP contribution in [0.25, 0.3) is 0 Å². The number of rotatable bonds is 0. The Morgan fingerprint density at radius 1 is 1.35 bits per heavy atom. The van der Waals surface area contributed by atoms with Crippen LogP contribution >= 0.6 is 22.6 Å². The Bertz CT molecular complexity index is 567. The number of hydrogen-bond acceptors (Lipinski definition) is 5. The van der Waals surface area contributed by atoms with Crippen molar-refractivity contribution in [3.63, 3.8) is 0 Å². The summed E-state index contributed by atoms with van der Waals surface area (Å²) in [7, 11) is 0. The molecule has 7 heteroatoms. The summed E-state index contributed by atoms with van der Waals surface area (Å²) in [6.45, 7) is 9.44. The first kappa shape index (κ1) is 17.0. The van der Waals surface area contributed by atoms with Gasteiger partial charge in [0.15, 0.2) is 0 Å². The molecule has 3 heterocycles. The zero-order valence-electron chi connectivity index (χ0n) is 14.1. The molecule has 0 spiro atoms. The summed E-state index contributed by atoms with van der Waals surface area (Å²) in [6, 6.07) is 0.0732. The van der Waals surface area contributed by atoms with Crippen molar-refractivity contribution in [1.29, 1.82) is 0 Å². The second-order valence-electron chi connectivity index (χ2n) is 7.33. The molecule has 0 saturated carbocycles. The molecule has 6 nitrogen and oxygen atoms in total. The molecule has 3 aliphatic rings. The van der Waals surface area contributed by atoms with Crippen molar-refractivity contribution in [1.82, 2.24) is 9.91 Å². The zero-order chi connectivity index (χ0) is 16.8. The monoisotopic (exact) mass is 433 g/mol. The summed E-state index contributed by atoms with van der Waals surface area (Å²) in [5.74, 6) is 0. The molecular weight excluding hydrogens is 409 g/mol. The van der Waals surface area contributed by atoms with Crippen LogP contribution in [0.4, 0.5) is 4.79 Å². The lowest BCUT2D eigenvalue weighted by Gasteiger charge is -2.36. The third-order valence-electron chi connectivity index (χ3n) is 4.21. The molecule has 0 aromatic heterocycles. The molecule has 0 unspecified atom stereocenters. The first-order valence-corrected chi connectivity index (χ1v) is 9.13. The summed E-state index contributed by atoms with van der Waals surface area (Å²) in [5.41, 5.74) is 1.80. The van der Waals surface area contributed by atoms with Crippen molar-refractivity contribution < 1.29 is 14.3 Å². The number of carbonyl (C=O) groups excluding carboxylic acids is 1. The van der Waals surface area contributed by atoms with E-state index in [0.29, 0.717) is 19.7 Å². The number of hydrazone groups is 1. The second-order valence-corrected chi connectivity index (χ2v) is 8.64. The molecule has 0 aliphatic carbocycles. The standard InChI is InChI=1S/C16H24IN3O3/c1-10-5-6-11(17)13-9-22-14-8-19(7-12(14)20(13)18-10)15(21)23-16(2,3)4/h12,14H,5-9H2,1-4H3/t12-,14-/m1/s1. The van der Waals surface area contributed by atoms with Gasteiger partial charge in [0.25, 0.3) is 0 Å². The quantitative estimate of drug-likeness (QED) is 0.551. The van der Waals surface area contributed by atoms with Crippen LogP contribution in [0.1, 0.15) is 40.5 Å². The molecule has 0 N–H and O–H groups in total. The molecule has 2 fully saturated rings. The number of amides is 1. The Labute approximate surface area is 151 Å². The van der Waals surface area contributed by atoms with E-state index < -0.39 is 5.60 Å². The van der Waals surface area contributed by atoms with Gasteiger partial charge in [0.2, 0.25) is 0 Å². The largest absolute Gasteiger partial charge is 0.444 e. The molecule has 3 rings (SSSR count). The van der Waals surface area contributed by atoms with Gasteiger partial charge in [-0.3, -0.25) is 5.01 Å². The number of carbonyl (C=O) groups is 1. The predicted octanol–water partition coefficient (Wildman–Crippen LogP) is 3.12. The van der Waals surface area contributed by atoms with Crippen molar-refractivity contribution in [2.45, 2.75) is 58.3 Å². The number of morpholine rings is 1. The zero-order valence-corrected chi connectivity index (χ0v) is 16.3. The predicted molar refractivity (Wildman–Crippen MR) is 96.6 cm³/mol. The highest BCUT2D eigenvalue weighted by Gasteiger charge is 2.45. The smallest absolute Gasteiger partial charge is 0.410 e. The van der Waals surface area contributed by atoms with Gasteiger partial charge in [-0.2, -0.15) is 5.10 Å². The molecule has 0 bridgehead atoms. The molecule has 2 saturated heterocycles. The van der Waals surface area contributed by atoms with Gasteiger partial charge in [0.1, 0.15) is 5.60 Å². The minimum Gasteiger partial charge on any atom is -0.444 e. The lowest BCUT2D eigenvalue weighted by Crippen LogP contribution is -2.47. The summed E-state index contributed by atoms with van der Waals surface area (Å²) in [4.78, 5) is 14.1. The maximum Gasteiger partial charge on any atom is 0.410 e. The minimum atomic E-state index is -0.483. The van der Waals surface area contributed by atoms with Crippen LogP contribution in [0.3, 0.4) is 0 Å². The van der Waals surface area contributed by atoms with Crippen molar-refractivity contribution in [3.8, 4) is 0 Å². The van der Waals surface area contributed by atoms with Crippen LogP contribution in [0, 0.1) is 0 Å². The molecule has 0 radical (unpaired) electrons. The first-order valence-electron chi connectivity index (χ1n) is 8.05. The highest BCUT2D eigenvalue weighted by molar-refractivity contribution is 14.1. The van der Waals surface area contributed by atoms with E-state index in [4.69, 9.17) is 14.6 Å². The number of hydrogen-bond donors (Lipinski definition) is 0. The van der Waals surface area contributed by atoms with E-state index >= 15 is 0 Å². The third kappa shape index (κ3) is 3.65. The van der Waals surface area contributed by atoms with Gasteiger partial charge in [-0.05, 0) is 63.1 Å². The fourth-order valence-electron chi connectivity index (χ4n) is 3.09. The van der Waals surface area contributed by atoms with Crippen LogP contribution < -0.4 is 0 Å². The summed E-state index contributed by atoms with van der Waals surface area (Å²) in [5, 5.41) is 6.89. The van der Waals surface area contributed by atoms with Crippen LogP contribution in [0.15, 0.2) is 14.4 Å². The highest BCUT2D eigenvalue weighted by atomic mass is 127. The average Bonchev–Trinajstić information content (AvgIpc) is 2.82. The number of allylic oxidation sites excluding steroid dienone is 1. The number of halogens is 1. The Morgan fingerprint density at radius 2 is 2.09 bits per heavy atom. The molecule has 0 aromatic rings. The Balaban J connectivity index is 1.79. The molecule has 23 heavy (non-hydrogen) atoms. The molecular formula is C16H24IN3O3. The van der Waals surface area contributed by atoms with Crippen molar-refractivity contribution in [2.75, 3.05) is 19.7 Å². The molecule has 2 atom stereocenters. The van der Waals surface area contributed by atoms with Crippen LogP contribution in [-0.2, 0) is 9.47 Å². The number of fused-ring (bicyclic) bond motifs is 3. The highest BCUT2D eigenvalue weighted by Crippen LogP contribution is 2.35. The first-order chi connectivity index (χ1) is 10.7. The van der Waals surface area contributed by atoms with Gasteiger partial charge in [0.05, 0.1) is 31.0 Å². The van der Waals surface area contributed by atoms with E-state index in [1.807, 2.05) is 20.8 Å². The van der Waals surface area contributed by atoms with Gasteiger partial charge in [-0.15, -0.1) is 0 Å². The lowest BCUT2D eigenvalue weighted by molar-refractivity contribution is -0.0178. The lowest BCUT2D eigenvalue weighted by atomic mass is 10.1. The summed E-state index contributed by atoms with van der Waals surface area (Å²) < 4.78 is 12.8. The number of ether oxygens (including phenoxy) is 2. The van der Waals surface area contributed by atoms with E-state index in [2.05, 4.69) is 34.5 Å². The van der Waals surface area contributed by atoms with E-state index in [-0.39, 0.29) is 18.2 Å². The average molecular weight is 433 g/mol. The summed E-state index contributed by atoms with van der Waals surface area (Å²) >= 11 is 2.40. The van der Waals surface area contributed by atoms with Crippen LogP contribution in [0.5, 0.6) is 0 Å². The maximum absolute atomic E-state index is 12.3. The van der Waals surface area contributed by atoms with Gasteiger partial charge in [-0.25, -0.2) is 4.79 Å². The van der Waals surface area contributed by atoms with E-state index in [9.17, 15) is 4.79 Å². The second kappa shape index (κ2) is 6.23. The Morgan fingerprint density at radius 3 is 2.78 bits per heavy atom. The van der Waals surface area contributed by atoms with Crippen molar-refractivity contribution in [3.05, 3.63) is 9.28 Å². The van der Waals surface area contributed by atoms with Gasteiger partial charge in [-0.1, -0.05) is 0 Å². The molecule has 0 aromatic carbocycles. The fourth-order valence-corrected chi connectivity index (χ4v) is 3.76. The summed E-state index contributed by atoms with van der Waals surface area (Å²) in [6.07, 6.45) is 1.71. The third-order valence-corrected chi connectivity index (χ3v) is 5.37.